The molecule has 0 aliphatic heterocycles. The molecule has 126 valence electrons. The molecule has 0 spiro atoms. The van der Waals surface area contributed by atoms with Gasteiger partial charge in [-0.3, -0.25) is 9.20 Å². The lowest BCUT2D eigenvalue weighted by Crippen LogP contribution is -2.17. The van der Waals surface area contributed by atoms with E-state index in [1.165, 1.54) is 17.4 Å². The first-order valence-electron chi connectivity index (χ1n) is 6.37. The van der Waals surface area contributed by atoms with Gasteiger partial charge in [-0.2, -0.15) is 4.98 Å². The highest BCUT2D eigenvalue weighted by Gasteiger charge is 2.31. The molecule has 2 N–H and O–H groups in total. The number of fused-ring (bicyclic) bond motifs is 3. The van der Waals surface area contributed by atoms with Crippen LogP contribution in [0.5, 0.6) is 11.6 Å². The first-order valence-corrected chi connectivity index (χ1v) is 6.37. The molecule has 1 aromatic carbocycles. The minimum Gasteiger partial charge on any atom is -0.449 e. The maximum absolute atomic E-state index is 12.3. The predicted octanol–water partition coefficient (Wildman–Crippen LogP) is 2.44. The fourth-order valence-corrected chi connectivity index (χ4v) is 2.29. The van der Waals surface area contributed by atoms with E-state index in [0.29, 0.717) is 5.52 Å². The van der Waals surface area contributed by atoms with Gasteiger partial charge in [0.05, 0.1) is 16.7 Å². The van der Waals surface area contributed by atoms with Crippen LogP contribution in [0.15, 0.2) is 23.0 Å². The van der Waals surface area contributed by atoms with Crippen LogP contribution in [-0.4, -0.2) is 32.0 Å². The third kappa shape index (κ3) is 2.71. The number of alkyl halides is 3. The summed E-state index contributed by atoms with van der Waals surface area (Å²) in [7, 11) is 0. The Morgan fingerprint density at radius 3 is 2.71 bits per heavy atom. The number of imidazole rings is 1. The van der Waals surface area contributed by atoms with E-state index in [1.807, 2.05) is 0 Å². The molecule has 2 aromatic heterocycles. The van der Waals surface area contributed by atoms with Crippen molar-refractivity contribution < 1.29 is 32.5 Å². The van der Waals surface area contributed by atoms with Crippen molar-refractivity contribution in [3.05, 3.63) is 34.2 Å². The molecule has 0 fully saturated rings. The lowest BCUT2D eigenvalue weighted by atomic mass is 10.2. The van der Waals surface area contributed by atoms with Crippen LogP contribution in [0.2, 0.25) is 0 Å². The lowest BCUT2D eigenvalue weighted by molar-refractivity contribution is -0.274. The Balaban J connectivity index is 2.25. The molecule has 0 saturated heterocycles. The summed E-state index contributed by atoms with van der Waals surface area (Å²) < 4.78 is 46.4. The molecule has 3 rings (SSSR count). The monoisotopic (exact) mass is 343 g/mol. The van der Waals surface area contributed by atoms with Crippen LogP contribution in [0.4, 0.5) is 18.0 Å². The van der Waals surface area contributed by atoms with E-state index in [9.17, 15) is 22.8 Å². The highest BCUT2D eigenvalue weighted by Crippen LogP contribution is 2.27. The van der Waals surface area contributed by atoms with E-state index in [2.05, 4.69) is 19.4 Å². The van der Waals surface area contributed by atoms with Crippen LogP contribution >= 0.6 is 0 Å². The minimum atomic E-state index is -4.87. The lowest BCUT2D eigenvalue weighted by Gasteiger charge is -2.10. The minimum absolute atomic E-state index is 0.0524. The Morgan fingerprint density at radius 1 is 1.38 bits per heavy atom. The van der Waals surface area contributed by atoms with Gasteiger partial charge in [0.1, 0.15) is 5.75 Å². The van der Waals surface area contributed by atoms with Gasteiger partial charge in [-0.05, 0) is 19.1 Å². The number of hydrogen-bond donors (Lipinski definition) is 2. The van der Waals surface area contributed by atoms with Gasteiger partial charge in [0.25, 0.3) is 5.56 Å². The zero-order chi connectivity index (χ0) is 17.6. The number of aromatic nitrogens is 3. The average Bonchev–Trinajstić information content (AvgIpc) is 2.75. The number of hydrogen-bond acceptors (Lipinski definition) is 5. The van der Waals surface area contributed by atoms with Crippen molar-refractivity contribution in [1.29, 1.82) is 0 Å². The first-order chi connectivity index (χ1) is 11.2. The van der Waals surface area contributed by atoms with Crippen LogP contribution in [0, 0.1) is 6.92 Å². The number of rotatable bonds is 2. The normalized spacial score (nSPS) is 11.8. The quantitative estimate of drug-likeness (QED) is 0.692. The molecule has 2 heterocycles. The molecule has 0 unspecified atom stereocenters. The molecule has 3 aromatic rings. The molecule has 24 heavy (non-hydrogen) atoms. The first kappa shape index (κ1) is 15.6. The Bertz CT molecular complexity index is 1020. The molecule has 0 aliphatic carbocycles. The van der Waals surface area contributed by atoms with Gasteiger partial charge in [-0.1, -0.05) is 0 Å². The second-order valence-corrected chi connectivity index (χ2v) is 4.71. The number of halogens is 3. The van der Waals surface area contributed by atoms with Crippen LogP contribution < -0.4 is 15.0 Å². The van der Waals surface area contributed by atoms with Crippen LogP contribution in [0.1, 0.15) is 5.69 Å². The number of benzene rings is 1. The van der Waals surface area contributed by atoms with Gasteiger partial charge in [0, 0.05) is 6.07 Å². The number of carbonyl (C=O) groups is 1. The van der Waals surface area contributed by atoms with Crippen LogP contribution in [-0.2, 0) is 0 Å². The Hall–Kier alpha value is -3.24. The zero-order valence-corrected chi connectivity index (χ0v) is 11.8. The molecule has 0 saturated carbocycles. The average molecular weight is 343 g/mol. The van der Waals surface area contributed by atoms with Gasteiger partial charge >= 0.3 is 12.5 Å². The summed E-state index contributed by atoms with van der Waals surface area (Å²) in [5.74, 6) is -0.805. The summed E-state index contributed by atoms with van der Waals surface area (Å²) in [6.07, 6.45) is -6.48. The second kappa shape index (κ2) is 5.15. The number of nitrogens with one attached hydrogen (secondary N) is 1. The molecule has 11 heteroatoms. The van der Waals surface area contributed by atoms with Gasteiger partial charge in [0.2, 0.25) is 11.5 Å². The van der Waals surface area contributed by atoms with E-state index in [4.69, 9.17) is 5.11 Å². The maximum atomic E-state index is 12.3. The maximum Gasteiger partial charge on any atom is 0.573 e. The summed E-state index contributed by atoms with van der Waals surface area (Å²) in [6.45, 7) is 1.46. The summed E-state index contributed by atoms with van der Waals surface area (Å²) in [5.41, 5.74) is -0.329. The molecule has 0 bridgehead atoms. The SMILES string of the molecule is Cc1c(OC(=O)O)nc2c(=O)[nH]c3cc(OC(F)(F)F)ccc3n12. The number of aromatic amines is 1. The fourth-order valence-electron chi connectivity index (χ4n) is 2.29. The highest BCUT2D eigenvalue weighted by molar-refractivity contribution is 5.80. The standard InChI is InChI=1S/C13H8F3N3O5/c1-5-11(23-12(21)22)18-9-10(20)17-7-4-6(24-13(14,15)16)2-3-8(7)19(5)9/h2-4H,1H3,(H,17,20)(H,21,22). The fraction of sp³-hybridized carbons (Fsp3) is 0.154. The van der Waals surface area contributed by atoms with Crippen molar-refractivity contribution >= 4 is 22.8 Å². The summed E-state index contributed by atoms with van der Waals surface area (Å²) in [4.78, 5) is 28.8. The van der Waals surface area contributed by atoms with E-state index in [0.717, 1.165) is 12.1 Å². The predicted molar refractivity (Wildman–Crippen MR) is 73.4 cm³/mol. The topological polar surface area (TPSA) is 106 Å². The Morgan fingerprint density at radius 2 is 2.08 bits per heavy atom. The number of H-pyrrole nitrogens is 1. The number of nitrogens with zero attached hydrogens (tertiary/aromatic N) is 2. The van der Waals surface area contributed by atoms with Crippen LogP contribution in [0.3, 0.4) is 0 Å². The van der Waals surface area contributed by atoms with E-state index >= 15 is 0 Å². The van der Waals surface area contributed by atoms with Gasteiger partial charge in [-0.25, -0.2) is 4.79 Å². The van der Waals surface area contributed by atoms with E-state index in [1.54, 1.807) is 0 Å². The van der Waals surface area contributed by atoms with Crippen molar-refractivity contribution in [3.63, 3.8) is 0 Å². The summed E-state index contributed by atoms with van der Waals surface area (Å²) in [6, 6.07) is 3.34. The van der Waals surface area contributed by atoms with E-state index in [-0.39, 0.29) is 22.7 Å². The molecular weight excluding hydrogens is 335 g/mol. The Labute approximate surface area is 130 Å². The smallest absolute Gasteiger partial charge is 0.449 e. The Kier molecular flexibility index (Phi) is 3.36. The molecule has 8 nitrogen and oxygen atoms in total. The second-order valence-electron chi connectivity index (χ2n) is 4.71. The molecule has 0 amide bonds. The summed E-state index contributed by atoms with van der Waals surface area (Å²) in [5, 5.41) is 8.66. The third-order valence-corrected chi connectivity index (χ3v) is 3.14. The van der Waals surface area contributed by atoms with Gasteiger partial charge < -0.3 is 19.6 Å². The van der Waals surface area contributed by atoms with Crippen molar-refractivity contribution in [2.45, 2.75) is 13.3 Å². The van der Waals surface area contributed by atoms with Crippen molar-refractivity contribution in [2.24, 2.45) is 0 Å². The number of carboxylic acid groups (broad SMARTS) is 1. The number of aryl methyl sites for hydroxylation is 1. The zero-order valence-electron chi connectivity index (χ0n) is 11.8. The van der Waals surface area contributed by atoms with Crippen molar-refractivity contribution in [1.82, 2.24) is 14.4 Å². The molecule has 0 atom stereocenters. The molecule has 0 radical (unpaired) electrons. The van der Waals surface area contributed by atoms with Crippen LogP contribution in [0.25, 0.3) is 16.7 Å². The summed E-state index contributed by atoms with van der Waals surface area (Å²) >= 11 is 0. The highest BCUT2D eigenvalue weighted by atomic mass is 19.4. The molecule has 0 aliphatic rings. The third-order valence-electron chi connectivity index (χ3n) is 3.14. The van der Waals surface area contributed by atoms with Gasteiger partial charge in [0.15, 0.2) is 0 Å². The van der Waals surface area contributed by atoms with E-state index < -0.39 is 23.8 Å². The number of ether oxygens (including phenoxy) is 2. The molecular formula is C13H8F3N3O5. The van der Waals surface area contributed by atoms with Crippen molar-refractivity contribution in [2.75, 3.05) is 0 Å². The van der Waals surface area contributed by atoms with Gasteiger partial charge in [-0.15, -0.1) is 13.2 Å². The van der Waals surface area contributed by atoms with Crippen molar-refractivity contribution in [3.8, 4) is 11.6 Å². The largest absolute Gasteiger partial charge is 0.573 e.